The zero-order valence-electron chi connectivity index (χ0n) is 16.3. The molecule has 0 bridgehead atoms. The third kappa shape index (κ3) is 4.17. The second kappa shape index (κ2) is 7.63. The molecule has 1 aromatic heterocycles. The van der Waals surface area contributed by atoms with Crippen LogP contribution in [0, 0.1) is 0 Å². The molecule has 0 saturated carbocycles. The number of hydrogen-bond donors (Lipinski definition) is 2. The Morgan fingerprint density at radius 1 is 1.20 bits per heavy atom. The van der Waals surface area contributed by atoms with Crippen molar-refractivity contribution in [3.8, 4) is 0 Å². The van der Waals surface area contributed by atoms with Crippen molar-refractivity contribution in [1.29, 1.82) is 0 Å². The zero-order chi connectivity index (χ0) is 21.5. The summed E-state index contributed by atoms with van der Waals surface area (Å²) in [6.45, 7) is 1.06. The maximum atomic E-state index is 12.9. The van der Waals surface area contributed by atoms with Crippen LogP contribution in [-0.2, 0) is 22.6 Å². The molecule has 0 unspecified atom stereocenters. The number of hydrogen-bond acceptors (Lipinski definition) is 3. The van der Waals surface area contributed by atoms with Crippen LogP contribution in [0.1, 0.15) is 24.0 Å². The molecule has 1 aliphatic rings. The first-order valence-electron chi connectivity index (χ1n) is 9.64. The molecule has 1 aliphatic heterocycles. The number of sulfonamides is 1. The number of anilines is 1. The molecule has 1 saturated heterocycles. The lowest BCUT2D eigenvalue weighted by Crippen LogP contribution is -2.26. The molecule has 160 valence electrons. The Morgan fingerprint density at radius 2 is 2.00 bits per heavy atom. The molecular weight excluding hydrogens is 415 g/mol. The van der Waals surface area contributed by atoms with Gasteiger partial charge in [0.15, 0.2) is 0 Å². The topological polar surface area (TPSA) is 65.2 Å². The molecule has 1 fully saturated rings. The number of alkyl halides is 3. The fourth-order valence-electron chi connectivity index (χ4n) is 3.96. The van der Waals surface area contributed by atoms with E-state index in [1.54, 1.807) is 18.2 Å². The van der Waals surface area contributed by atoms with Crippen molar-refractivity contribution in [3.05, 3.63) is 59.8 Å². The molecule has 0 spiro atoms. The molecule has 30 heavy (non-hydrogen) atoms. The van der Waals surface area contributed by atoms with E-state index in [1.165, 1.54) is 0 Å². The van der Waals surface area contributed by atoms with Gasteiger partial charge in [0, 0.05) is 28.8 Å². The van der Waals surface area contributed by atoms with Gasteiger partial charge in [-0.15, -0.1) is 0 Å². The van der Waals surface area contributed by atoms with Crippen molar-refractivity contribution in [2.24, 2.45) is 0 Å². The van der Waals surface area contributed by atoms with Crippen LogP contribution >= 0.6 is 0 Å². The Morgan fingerprint density at radius 3 is 2.70 bits per heavy atom. The molecule has 0 amide bonds. The van der Waals surface area contributed by atoms with Crippen molar-refractivity contribution >= 4 is 26.6 Å². The molecule has 9 heteroatoms. The van der Waals surface area contributed by atoms with Gasteiger partial charge in [-0.1, -0.05) is 6.07 Å². The quantitative estimate of drug-likeness (QED) is 0.612. The molecule has 0 radical (unpaired) electrons. The van der Waals surface area contributed by atoms with Crippen molar-refractivity contribution in [2.75, 3.05) is 18.3 Å². The van der Waals surface area contributed by atoms with Crippen LogP contribution in [0.2, 0.25) is 0 Å². The molecule has 2 aromatic carbocycles. The van der Waals surface area contributed by atoms with Crippen LogP contribution in [0.5, 0.6) is 0 Å². The van der Waals surface area contributed by atoms with Crippen molar-refractivity contribution in [1.82, 2.24) is 9.88 Å². The summed E-state index contributed by atoms with van der Waals surface area (Å²) in [5, 5.41) is 0.902. The molecule has 3 aromatic rings. The van der Waals surface area contributed by atoms with Gasteiger partial charge < -0.3 is 9.88 Å². The fraction of sp³-hybridized carbons (Fsp3) is 0.333. The van der Waals surface area contributed by atoms with Gasteiger partial charge in [-0.05, 0) is 74.8 Å². The van der Waals surface area contributed by atoms with E-state index in [-0.39, 0.29) is 0 Å². The minimum Gasteiger partial charge on any atom is -0.361 e. The molecule has 1 atom stereocenters. The summed E-state index contributed by atoms with van der Waals surface area (Å²) < 4.78 is 66.6. The van der Waals surface area contributed by atoms with Crippen LogP contribution in [0.25, 0.3) is 10.9 Å². The van der Waals surface area contributed by atoms with Gasteiger partial charge in [-0.25, -0.2) is 8.42 Å². The van der Waals surface area contributed by atoms with Gasteiger partial charge in [0.25, 0.3) is 10.0 Å². The Bertz CT molecular complexity index is 1170. The monoisotopic (exact) mass is 437 g/mol. The van der Waals surface area contributed by atoms with E-state index < -0.39 is 26.7 Å². The van der Waals surface area contributed by atoms with E-state index >= 15 is 0 Å². The summed E-state index contributed by atoms with van der Waals surface area (Å²) in [5.41, 5.74) is 1.27. The van der Waals surface area contributed by atoms with Gasteiger partial charge in [0.1, 0.15) is 0 Å². The van der Waals surface area contributed by atoms with Gasteiger partial charge in [-0.2, -0.15) is 13.2 Å². The minimum atomic E-state index is -4.61. The van der Waals surface area contributed by atoms with E-state index in [2.05, 4.69) is 21.7 Å². The van der Waals surface area contributed by atoms with Crippen LogP contribution in [-0.4, -0.2) is 37.9 Å². The lowest BCUT2D eigenvalue weighted by Gasteiger charge is -2.18. The third-order valence-corrected chi connectivity index (χ3v) is 7.00. The first kappa shape index (κ1) is 20.7. The Kier molecular flexibility index (Phi) is 5.27. The lowest BCUT2D eigenvalue weighted by molar-refractivity contribution is -0.137. The summed E-state index contributed by atoms with van der Waals surface area (Å²) in [4.78, 5) is 5.09. The molecule has 2 heterocycles. The zero-order valence-corrected chi connectivity index (χ0v) is 17.1. The SMILES string of the molecule is CN1CCC[C@@H]1Cc1c[nH]c2ccc(NS(=O)(=O)c3cccc(C(F)(F)F)c3)cc12. The number of fused-ring (bicyclic) bond motifs is 1. The highest BCUT2D eigenvalue weighted by atomic mass is 32.2. The number of benzene rings is 2. The van der Waals surface area contributed by atoms with Crippen molar-refractivity contribution < 1.29 is 21.6 Å². The summed E-state index contributed by atoms with van der Waals surface area (Å²) in [6.07, 6.45) is 0.441. The van der Waals surface area contributed by atoms with Gasteiger partial charge in [0.05, 0.1) is 10.5 Å². The maximum Gasteiger partial charge on any atom is 0.416 e. The van der Waals surface area contributed by atoms with E-state index in [9.17, 15) is 21.6 Å². The number of rotatable bonds is 5. The lowest BCUT2D eigenvalue weighted by atomic mass is 10.0. The Balaban J connectivity index is 1.61. The highest BCUT2D eigenvalue weighted by Gasteiger charge is 2.31. The number of H-pyrrole nitrogens is 1. The Labute approximate surface area is 172 Å². The predicted molar refractivity (Wildman–Crippen MR) is 110 cm³/mol. The normalized spacial score (nSPS) is 18.2. The number of nitrogens with one attached hydrogen (secondary N) is 2. The second-order valence-electron chi connectivity index (χ2n) is 7.69. The van der Waals surface area contributed by atoms with Crippen molar-refractivity contribution in [2.45, 2.75) is 36.4 Å². The van der Waals surface area contributed by atoms with E-state index in [0.29, 0.717) is 17.8 Å². The predicted octanol–water partition coefficient (Wildman–Crippen LogP) is 4.62. The van der Waals surface area contributed by atoms with Crippen LogP contribution in [0.4, 0.5) is 18.9 Å². The highest BCUT2D eigenvalue weighted by molar-refractivity contribution is 7.92. The fourth-order valence-corrected chi connectivity index (χ4v) is 5.05. The highest BCUT2D eigenvalue weighted by Crippen LogP contribution is 2.31. The number of halogens is 3. The Hall–Kier alpha value is -2.52. The number of likely N-dealkylation sites (N-methyl/N-ethyl adjacent to an activating group) is 1. The smallest absolute Gasteiger partial charge is 0.361 e. The average Bonchev–Trinajstić information content (AvgIpc) is 3.27. The summed E-state index contributed by atoms with van der Waals surface area (Å²) >= 11 is 0. The largest absolute Gasteiger partial charge is 0.416 e. The minimum absolute atomic E-state index is 0.306. The molecular formula is C21H22F3N3O2S. The maximum absolute atomic E-state index is 12.9. The van der Waals surface area contributed by atoms with E-state index in [0.717, 1.165) is 60.5 Å². The molecule has 0 aliphatic carbocycles. The number of aromatic amines is 1. The molecule has 5 nitrogen and oxygen atoms in total. The van der Waals surface area contributed by atoms with Gasteiger partial charge >= 0.3 is 6.18 Å². The van der Waals surface area contributed by atoms with Crippen LogP contribution in [0.15, 0.2) is 53.6 Å². The van der Waals surface area contributed by atoms with Crippen molar-refractivity contribution in [3.63, 3.8) is 0 Å². The standard InChI is InChI=1S/C21H22F3N3O2S/c1-27-9-3-5-17(27)10-14-13-25-20-8-7-16(12-19(14)20)26-30(28,29)18-6-2-4-15(11-18)21(22,23)24/h2,4,6-8,11-13,17,25-26H,3,5,9-10H2,1H3/t17-/m1/s1. The average molecular weight is 437 g/mol. The van der Waals surface area contributed by atoms with Crippen LogP contribution in [0.3, 0.4) is 0 Å². The summed E-state index contributed by atoms with van der Waals surface area (Å²) in [7, 11) is -2.06. The first-order valence-corrected chi connectivity index (χ1v) is 11.1. The van der Waals surface area contributed by atoms with E-state index in [4.69, 9.17) is 0 Å². The summed E-state index contributed by atoms with van der Waals surface area (Å²) in [6, 6.07) is 9.24. The van der Waals surface area contributed by atoms with Gasteiger partial charge in [0.2, 0.25) is 0 Å². The summed E-state index contributed by atoms with van der Waals surface area (Å²) in [5.74, 6) is 0. The van der Waals surface area contributed by atoms with Crippen LogP contribution < -0.4 is 4.72 Å². The van der Waals surface area contributed by atoms with Gasteiger partial charge in [-0.3, -0.25) is 4.72 Å². The second-order valence-corrected chi connectivity index (χ2v) is 9.37. The number of nitrogens with zero attached hydrogens (tertiary/aromatic N) is 1. The first-order chi connectivity index (χ1) is 14.1. The van der Waals surface area contributed by atoms with E-state index in [1.807, 2.05) is 6.20 Å². The molecule has 2 N–H and O–H groups in total. The third-order valence-electron chi connectivity index (χ3n) is 5.62. The number of aromatic nitrogens is 1. The number of likely N-dealkylation sites (tertiary alicyclic amines) is 1. The molecule has 4 rings (SSSR count).